The molecule has 0 aliphatic heterocycles. The van der Waals surface area contributed by atoms with Crippen molar-refractivity contribution in [2.75, 3.05) is 0 Å². The molecule has 0 saturated carbocycles. The fourth-order valence-corrected chi connectivity index (χ4v) is 2.05. The monoisotopic (exact) mass is 223 g/mol. The van der Waals surface area contributed by atoms with Gasteiger partial charge in [-0.2, -0.15) is 4.98 Å². The normalized spacial score (nSPS) is 12.9. The molecule has 2 aromatic heterocycles. The first-order valence-electron chi connectivity index (χ1n) is 4.81. The van der Waals surface area contributed by atoms with Crippen LogP contribution in [0.15, 0.2) is 22.0 Å². The lowest BCUT2D eigenvalue weighted by molar-refractivity contribution is 0.384. The number of hydrogen-bond acceptors (Lipinski definition) is 5. The molecule has 0 bridgehead atoms. The van der Waals surface area contributed by atoms with E-state index >= 15 is 0 Å². The second kappa shape index (κ2) is 4.55. The van der Waals surface area contributed by atoms with Gasteiger partial charge in [-0.25, -0.2) is 0 Å². The third-order valence-corrected chi connectivity index (χ3v) is 3.16. The van der Waals surface area contributed by atoms with Gasteiger partial charge in [-0.05, 0) is 18.4 Å². The second-order valence-corrected chi connectivity index (χ2v) is 4.33. The first-order chi connectivity index (χ1) is 7.25. The summed E-state index contributed by atoms with van der Waals surface area (Å²) in [6.07, 6.45) is 0. The van der Waals surface area contributed by atoms with Gasteiger partial charge in [0.25, 0.3) is 0 Å². The number of aryl methyl sites for hydroxylation is 1. The number of nitrogens with one attached hydrogen (secondary N) is 1. The van der Waals surface area contributed by atoms with E-state index in [0.717, 1.165) is 0 Å². The van der Waals surface area contributed by atoms with Crippen LogP contribution < -0.4 is 5.32 Å². The van der Waals surface area contributed by atoms with Crippen LogP contribution in [0.1, 0.15) is 29.6 Å². The molecular weight excluding hydrogens is 210 g/mol. The summed E-state index contributed by atoms with van der Waals surface area (Å²) in [5.41, 5.74) is 0. The molecule has 0 unspecified atom stereocenters. The van der Waals surface area contributed by atoms with Crippen molar-refractivity contribution < 1.29 is 4.52 Å². The van der Waals surface area contributed by atoms with Crippen molar-refractivity contribution in [1.82, 2.24) is 15.5 Å². The van der Waals surface area contributed by atoms with Crippen LogP contribution in [0.4, 0.5) is 0 Å². The van der Waals surface area contributed by atoms with Gasteiger partial charge in [-0.1, -0.05) is 11.2 Å². The zero-order valence-electron chi connectivity index (χ0n) is 8.73. The summed E-state index contributed by atoms with van der Waals surface area (Å²) in [7, 11) is 0. The van der Waals surface area contributed by atoms with Crippen LogP contribution in [0, 0.1) is 6.92 Å². The van der Waals surface area contributed by atoms with Gasteiger partial charge in [-0.15, -0.1) is 11.3 Å². The fraction of sp³-hybridized carbons (Fsp3) is 0.400. The summed E-state index contributed by atoms with van der Waals surface area (Å²) >= 11 is 1.74. The zero-order chi connectivity index (χ0) is 10.7. The molecule has 0 aliphatic rings. The standard InChI is InChI=1S/C10H13N3OS/c1-7(9-4-3-5-15-9)11-6-10-12-8(2)14-13-10/h3-5,7,11H,6H2,1-2H3/t7-/m1/s1. The Morgan fingerprint density at radius 1 is 1.60 bits per heavy atom. The number of rotatable bonds is 4. The minimum atomic E-state index is 0.323. The number of nitrogens with zero attached hydrogens (tertiary/aromatic N) is 2. The molecule has 0 radical (unpaired) electrons. The Bertz CT molecular complexity index is 410. The Labute approximate surface area is 92.3 Å². The molecule has 0 saturated heterocycles. The van der Waals surface area contributed by atoms with Crippen molar-refractivity contribution in [3.05, 3.63) is 34.1 Å². The summed E-state index contributed by atoms with van der Waals surface area (Å²) in [6.45, 7) is 4.55. The zero-order valence-corrected chi connectivity index (χ0v) is 9.54. The highest BCUT2D eigenvalue weighted by atomic mass is 32.1. The smallest absolute Gasteiger partial charge is 0.223 e. The van der Waals surface area contributed by atoms with Crippen LogP contribution in [0.2, 0.25) is 0 Å². The molecule has 15 heavy (non-hydrogen) atoms. The summed E-state index contributed by atoms with van der Waals surface area (Å²) in [5, 5.41) is 9.24. The van der Waals surface area contributed by atoms with Crippen LogP contribution in [0.5, 0.6) is 0 Å². The third kappa shape index (κ3) is 2.64. The molecule has 1 atom stereocenters. The van der Waals surface area contributed by atoms with Gasteiger partial charge in [0, 0.05) is 17.8 Å². The van der Waals surface area contributed by atoms with Crippen molar-refractivity contribution in [2.45, 2.75) is 26.4 Å². The fourth-order valence-electron chi connectivity index (χ4n) is 1.30. The van der Waals surface area contributed by atoms with E-state index in [1.54, 1.807) is 18.3 Å². The van der Waals surface area contributed by atoms with Crippen molar-refractivity contribution in [1.29, 1.82) is 0 Å². The number of hydrogen-bond donors (Lipinski definition) is 1. The largest absolute Gasteiger partial charge is 0.340 e. The van der Waals surface area contributed by atoms with Crippen molar-refractivity contribution in [3.8, 4) is 0 Å². The molecule has 2 aromatic rings. The Hall–Kier alpha value is -1.20. The third-order valence-electron chi connectivity index (χ3n) is 2.11. The lowest BCUT2D eigenvalue weighted by Crippen LogP contribution is -2.17. The first kappa shape index (κ1) is 10.3. The van der Waals surface area contributed by atoms with Crippen LogP contribution in [0.25, 0.3) is 0 Å². The predicted octanol–water partition coefficient (Wildman–Crippen LogP) is 2.29. The Balaban J connectivity index is 1.88. The van der Waals surface area contributed by atoms with Crippen LogP contribution in [0.3, 0.4) is 0 Å². The molecule has 0 spiro atoms. The van der Waals surface area contributed by atoms with E-state index in [1.165, 1.54) is 4.88 Å². The van der Waals surface area contributed by atoms with Gasteiger partial charge < -0.3 is 9.84 Å². The maximum atomic E-state index is 4.89. The van der Waals surface area contributed by atoms with E-state index in [-0.39, 0.29) is 0 Å². The summed E-state index contributed by atoms with van der Waals surface area (Å²) in [4.78, 5) is 5.44. The van der Waals surface area contributed by atoms with E-state index in [0.29, 0.717) is 24.3 Å². The maximum Gasteiger partial charge on any atom is 0.223 e. The maximum absolute atomic E-state index is 4.89. The lowest BCUT2D eigenvalue weighted by atomic mass is 10.3. The molecule has 5 heteroatoms. The van der Waals surface area contributed by atoms with Gasteiger partial charge in [0.1, 0.15) is 0 Å². The van der Waals surface area contributed by atoms with Gasteiger partial charge >= 0.3 is 0 Å². The van der Waals surface area contributed by atoms with E-state index in [2.05, 4.69) is 39.9 Å². The Kier molecular flexibility index (Phi) is 3.13. The van der Waals surface area contributed by atoms with E-state index < -0.39 is 0 Å². The van der Waals surface area contributed by atoms with Crippen LogP contribution >= 0.6 is 11.3 Å². The van der Waals surface area contributed by atoms with Gasteiger partial charge in [0.2, 0.25) is 5.89 Å². The molecule has 0 aliphatic carbocycles. The average molecular weight is 223 g/mol. The predicted molar refractivity (Wildman–Crippen MR) is 58.6 cm³/mol. The molecule has 2 heterocycles. The topological polar surface area (TPSA) is 51.0 Å². The average Bonchev–Trinajstić information content (AvgIpc) is 2.84. The Morgan fingerprint density at radius 2 is 2.47 bits per heavy atom. The molecule has 0 fully saturated rings. The number of thiophene rings is 1. The van der Waals surface area contributed by atoms with Crippen molar-refractivity contribution in [3.63, 3.8) is 0 Å². The SMILES string of the molecule is Cc1nc(CN[C@H](C)c2cccs2)no1. The molecule has 2 rings (SSSR count). The molecule has 4 nitrogen and oxygen atoms in total. The quantitative estimate of drug-likeness (QED) is 0.864. The molecule has 0 aromatic carbocycles. The van der Waals surface area contributed by atoms with Gasteiger partial charge in [-0.3, -0.25) is 0 Å². The summed E-state index contributed by atoms with van der Waals surface area (Å²) in [5.74, 6) is 1.31. The first-order valence-corrected chi connectivity index (χ1v) is 5.69. The molecule has 1 N–H and O–H groups in total. The summed E-state index contributed by atoms with van der Waals surface area (Å²) < 4.78 is 4.89. The Morgan fingerprint density at radius 3 is 3.07 bits per heavy atom. The van der Waals surface area contributed by atoms with Gasteiger partial charge in [0.15, 0.2) is 5.82 Å². The highest BCUT2D eigenvalue weighted by Crippen LogP contribution is 2.18. The van der Waals surface area contributed by atoms with E-state index in [4.69, 9.17) is 4.52 Å². The van der Waals surface area contributed by atoms with Crippen LogP contribution in [-0.4, -0.2) is 10.1 Å². The van der Waals surface area contributed by atoms with Gasteiger partial charge in [0.05, 0.1) is 6.54 Å². The number of aromatic nitrogens is 2. The molecule has 80 valence electrons. The second-order valence-electron chi connectivity index (χ2n) is 3.35. The molecule has 0 amide bonds. The highest BCUT2D eigenvalue weighted by molar-refractivity contribution is 7.10. The van der Waals surface area contributed by atoms with E-state index in [1.807, 2.05) is 0 Å². The lowest BCUT2D eigenvalue weighted by Gasteiger charge is -2.09. The van der Waals surface area contributed by atoms with E-state index in [9.17, 15) is 0 Å². The van der Waals surface area contributed by atoms with Crippen molar-refractivity contribution in [2.24, 2.45) is 0 Å². The molecular formula is C10H13N3OS. The minimum Gasteiger partial charge on any atom is -0.340 e. The summed E-state index contributed by atoms with van der Waals surface area (Å²) in [6, 6.07) is 4.49. The highest BCUT2D eigenvalue weighted by Gasteiger charge is 2.07. The van der Waals surface area contributed by atoms with Crippen LogP contribution in [-0.2, 0) is 6.54 Å². The minimum absolute atomic E-state index is 0.323. The van der Waals surface area contributed by atoms with Crippen molar-refractivity contribution >= 4 is 11.3 Å².